The predicted octanol–water partition coefficient (Wildman–Crippen LogP) is 3.11. The van der Waals surface area contributed by atoms with E-state index in [2.05, 4.69) is 4.98 Å². The minimum Gasteiger partial charge on any atom is -0.398 e. The number of halogens is 1. The molecule has 2 rings (SSSR count). The molecule has 18 heavy (non-hydrogen) atoms. The summed E-state index contributed by atoms with van der Waals surface area (Å²) in [6.45, 7) is 0. The molecule has 0 spiro atoms. The first kappa shape index (κ1) is 13.2. The Morgan fingerprint density at radius 1 is 1.33 bits per heavy atom. The molecular formula is C13H14ClN3S. The number of aromatic nitrogens is 1. The maximum atomic E-state index is 6.11. The van der Waals surface area contributed by atoms with Gasteiger partial charge >= 0.3 is 0 Å². The Bertz CT molecular complexity index is 533. The summed E-state index contributed by atoms with van der Waals surface area (Å²) in [5, 5.41) is 0.731. The van der Waals surface area contributed by atoms with Gasteiger partial charge < -0.3 is 11.5 Å². The molecule has 0 aliphatic heterocycles. The van der Waals surface area contributed by atoms with E-state index in [0.717, 1.165) is 21.2 Å². The number of nitrogen functional groups attached to an aromatic ring is 1. The van der Waals surface area contributed by atoms with Crippen LogP contribution in [0.1, 0.15) is 11.6 Å². The Morgan fingerprint density at radius 3 is 2.89 bits per heavy atom. The molecule has 1 unspecified atom stereocenters. The van der Waals surface area contributed by atoms with Gasteiger partial charge in [0.1, 0.15) is 0 Å². The van der Waals surface area contributed by atoms with Crippen molar-refractivity contribution in [2.75, 3.05) is 11.5 Å². The van der Waals surface area contributed by atoms with Crippen molar-refractivity contribution in [3.63, 3.8) is 0 Å². The van der Waals surface area contributed by atoms with Crippen molar-refractivity contribution >= 4 is 29.1 Å². The summed E-state index contributed by atoms with van der Waals surface area (Å²) < 4.78 is 0. The van der Waals surface area contributed by atoms with Crippen molar-refractivity contribution in [1.29, 1.82) is 0 Å². The Balaban J connectivity index is 2.00. The molecule has 5 heteroatoms. The highest BCUT2D eigenvalue weighted by atomic mass is 35.5. The van der Waals surface area contributed by atoms with Gasteiger partial charge in [-0.25, -0.2) is 0 Å². The largest absolute Gasteiger partial charge is 0.398 e. The van der Waals surface area contributed by atoms with Gasteiger partial charge in [-0.2, -0.15) is 0 Å². The number of anilines is 1. The number of benzene rings is 1. The van der Waals surface area contributed by atoms with Gasteiger partial charge in [0.25, 0.3) is 0 Å². The van der Waals surface area contributed by atoms with E-state index < -0.39 is 0 Å². The molecule has 0 fully saturated rings. The standard InChI is InChI=1S/C13H14ClN3S/c14-9-2-1-3-10(6-9)18-8-13(16)11-7-17-5-4-12(11)15/h1-7,13H,8,16H2,(H2,15,17). The highest BCUT2D eigenvalue weighted by molar-refractivity contribution is 7.99. The lowest BCUT2D eigenvalue weighted by molar-refractivity contribution is 0.827. The summed E-state index contributed by atoms with van der Waals surface area (Å²) in [6.07, 6.45) is 3.38. The van der Waals surface area contributed by atoms with Gasteiger partial charge in [0.2, 0.25) is 0 Å². The summed E-state index contributed by atoms with van der Waals surface area (Å²) >= 11 is 7.58. The molecule has 0 amide bonds. The number of hydrogen-bond donors (Lipinski definition) is 2. The number of rotatable bonds is 4. The first-order chi connectivity index (χ1) is 8.66. The molecule has 0 saturated heterocycles. The first-order valence-electron chi connectivity index (χ1n) is 5.50. The van der Waals surface area contributed by atoms with Gasteiger partial charge in [-0.1, -0.05) is 17.7 Å². The second-order valence-corrected chi connectivity index (χ2v) is 5.41. The number of thioether (sulfide) groups is 1. The zero-order valence-corrected chi connectivity index (χ0v) is 11.3. The molecule has 1 aromatic carbocycles. The fourth-order valence-electron chi connectivity index (χ4n) is 1.56. The lowest BCUT2D eigenvalue weighted by Gasteiger charge is -2.13. The van der Waals surface area contributed by atoms with Crippen molar-refractivity contribution in [3.8, 4) is 0 Å². The zero-order chi connectivity index (χ0) is 13.0. The molecule has 0 saturated carbocycles. The fraction of sp³-hybridized carbons (Fsp3) is 0.154. The first-order valence-corrected chi connectivity index (χ1v) is 6.86. The van der Waals surface area contributed by atoms with Gasteiger partial charge in [0.05, 0.1) is 0 Å². The van der Waals surface area contributed by atoms with Crippen LogP contribution in [0.4, 0.5) is 5.69 Å². The van der Waals surface area contributed by atoms with Gasteiger partial charge in [0.15, 0.2) is 0 Å². The van der Waals surface area contributed by atoms with Crippen LogP contribution in [0.15, 0.2) is 47.6 Å². The topological polar surface area (TPSA) is 64.9 Å². The maximum Gasteiger partial charge on any atom is 0.0426 e. The van der Waals surface area contributed by atoms with Gasteiger partial charge in [0, 0.05) is 45.4 Å². The van der Waals surface area contributed by atoms with Crippen molar-refractivity contribution in [2.24, 2.45) is 5.73 Å². The van der Waals surface area contributed by atoms with Crippen molar-refractivity contribution < 1.29 is 0 Å². The average molecular weight is 280 g/mol. The Labute approximate surface area is 116 Å². The summed E-state index contributed by atoms with van der Waals surface area (Å²) in [4.78, 5) is 5.14. The molecule has 1 heterocycles. The minimum absolute atomic E-state index is 0.136. The Hall–Kier alpha value is -1.23. The summed E-state index contributed by atoms with van der Waals surface area (Å²) in [5.74, 6) is 0.732. The molecule has 0 aliphatic rings. The second kappa shape index (κ2) is 6.09. The normalized spacial score (nSPS) is 12.3. The van der Waals surface area contributed by atoms with E-state index in [4.69, 9.17) is 23.1 Å². The molecule has 0 radical (unpaired) electrons. The highest BCUT2D eigenvalue weighted by Crippen LogP contribution is 2.27. The van der Waals surface area contributed by atoms with Crippen LogP contribution in [0.2, 0.25) is 5.02 Å². The summed E-state index contributed by atoms with van der Waals surface area (Å²) in [6, 6.07) is 9.34. The van der Waals surface area contributed by atoms with Crippen LogP contribution >= 0.6 is 23.4 Å². The maximum absolute atomic E-state index is 6.11. The van der Waals surface area contributed by atoms with Crippen LogP contribution < -0.4 is 11.5 Å². The summed E-state index contributed by atoms with van der Waals surface area (Å²) in [5.41, 5.74) is 13.5. The molecule has 0 bridgehead atoms. The zero-order valence-electron chi connectivity index (χ0n) is 9.71. The highest BCUT2D eigenvalue weighted by Gasteiger charge is 2.10. The molecule has 0 aliphatic carbocycles. The average Bonchev–Trinajstić information content (AvgIpc) is 2.37. The van der Waals surface area contributed by atoms with E-state index in [0.29, 0.717) is 5.69 Å². The van der Waals surface area contributed by atoms with Crippen molar-refractivity contribution in [3.05, 3.63) is 53.3 Å². The van der Waals surface area contributed by atoms with E-state index in [1.807, 2.05) is 24.3 Å². The number of hydrogen-bond acceptors (Lipinski definition) is 4. The number of pyridine rings is 1. The third-order valence-electron chi connectivity index (χ3n) is 2.51. The molecule has 3 nitrogen and oxygen atoms in total. The van der Waals surface area contributed by atoms with Crippen LogP contribution in [0.3, 0.4) is 0 Å². The fourth-order valence-corrected chi connectivity index (χ4v) is 2.75. The molecule has 4 N–H and O–H groups in total. The molecule has 1 atom stereocenters. The smallest absolute Gasteiger partial charge is 0.0426 e. The van der Waals surface area contributed by atoms with Crippen LogP contribution in [0.25, 0.3) is 0 Å². The minimum atomic E-state index is -0.136. The molecule has 94 valence electrons. The van der Waals surface area contributed by atoms with E-state index in [1.54, 1.807) is 30.2 Å². The number of nitrogens with zero attached hydrogens (tertiary/aromatic N) is 1. The molecule has 2 aromatic rings. The van der Waals surface area contributed by atoms with Crippen LogP contribution in [0, 0.1) is 0 Å². The van der Waals surface area contributed by atoms with E-state index in [-0.39, 0.29) is 6.04 Å². The quantitative estimate of drug-likeness (QED) is 0.844. The second-order valence-electron chi connectivity index (χ2n) is 3.88. The number of nitrogens with two attached hydrogens (primary N) is 2. The third-order valence-corrected chi connectivity index (χ3v) is 3.86. The van der Waals surface area contributed by atoms with Gasteiger partial charge in [-0.3, -0.25) is 4.98 Å². The SMILES string of the molecule is Nc1ccncc1C(N)CSc1cccc(Cl)c1. The van der Waals surface area contributed by atoms with Crippen LogP contribution in [-0.4, -0.2) is 10.7 Å². The molecular weight excluding hydrogens is 266 g/mol. The lowest BCUT2D eigenvalue weighted by atomic mass is 10.1. The van der Waals surface area contributed by atoms with Crippen LogP contribution in [-0.2, 0) is 0 Å². The van der Waals surface area contributed by atoms with E-state index in [9.17, 15) is 0 Å². The van der Waals surface area contributed by atoms with Gasteiger partial charge in [-0.15, -0.1) is 11.8 Å². The Morgan fingerprint density at radius 2 is 2.17 bits per heavy atom. The third kappa shape index (κ3) is 3.38. The monoisotopic (exact) mass is 279 g/mol. The molecule has 1 aromatic heterocycles. The lowest BCUT2D eigenvalue weighted by Crippen LogP contribution is -2.15. The van der Waals surface area contributed by atoms with Crippen LogP contribution in [0.5, 0.6) is 0 Å². The van der Waals surface area contributed by atoms with E-state index in [1.165, 1.54) is 0 Å². The predicted molar refractivity (Wildman–Crippen MR) is 77.8 cm³/mol. The van der Waals surface area contributed by atoms with Crippen molar-refractivity contribution in [2.45, 2.75) is 10.9 Å². The Kier molecular flexibility index (Phi) is 4.47. The van der Waals surface area contributed by atoms with Crippen molar-refractivity contribution in [1.82, 2.24) is 4.98 Å². The van der Waals surface area contributed by atoms with E-state index >= 15 is 0 Å². The summed E-state index contributed by atoms with van der Waals surface area (Å²) in [7, 11) is 0. The van der Waals surface area contributed by atoms with Gasteiger partial charge in [-0.05, 0) is 24.3 Å².